The molecule has 1 aliphatic heterocycles. The van der Waals surface area contributed by atoms with Crippen LogP contribution in [0, 0.1) is 18.6 Å². The lowest BCUT2D eigenvalue weighted by Crippen LogP contribution is -2.61. The fourth-order valence-corrected chi connectivity index (χ4v) is 4.53. The molecule has 33 heavy (non-hydrogen) atoms. The van der Waals surface area contributed by atoms with Crippen molar-refractivity contribution in [2.75, 3.05) is 17.7 Å². The van der Waals surface area contributed by atoms with Crippen molar-refractivity contribution >= 4 is 17.5 Å². The predicted molar refractivity (Wildman–Crippen MR) is 122 cm³/mol. The monoisotopic (exact) mass is 457 g/mol. The molecule has 0 aliphatic carbocycles. The number of hydrogen-bond acceptors (Lipinski definition) is 8. The van der Waals surface area contributed by atoms with Gasteiger partial charge in [-0.2, -0.15) is 9.67 Å². The maximum Gasteiger partial charge on any atom is 0.229 e. The van der Waals surface area contributed by atoms with E-state index in [1.165, 1.54) is 10.7 Å². The van der Waals surface area contributed by atoms with Crippen molar-refractivity contribution in [3.8, 4) is 5.69 Å². The second kappa shape index (κ2) is 8.29. The lowest BCUT2D eigenvalue weighted by Gasteiger charge is -2.53. The van der Waals surface area contributed by atoms with Crippen molar-refractivity contribution in [1.29, 1.82) is 0 Å². The van der Waals surface area contributed by atoms with E-state index in [0.717, 1.165) is 19.0 Å². The van der Waals surface area contributed by atoms with E-state index in [2.05, 4.69) is 75.8 Å². The third-order valence-electron chi connectivity index (χ3n) is 6.45. The van der Waals surface area contributed by atoms with Crippen LogP contribution in [0.4, 0.5) is 26.2 Å². The number of piperidine rings is 1. The minimum Gasteiger partial charge on any atom is -0.365 e. The van der Waals surface area contributed by atoms with Crippen LogP contribution >= 0.6 is 0 Å². The molecular weight excluding hydrogens is 428 g/mol. The molecule has 0 amide bonds. The molecule has 3 heterocycles. The van der Waals surface area contributed by atoms with E-state index in [1.807, 2.05) is 0 Å². The van der Waals surface area contributed by atoms with Gasteiger partial charge in [0.05, 0.1) is 6.20 Å². The Morgan fingerprint density at radius 1 is 1.06 bits per heavy atom. The highest BCUT2D eigenvalue weighted by atomic mass is 19.1. The molecule has 3 aromatic rings. The first-order valence-electron chi connectivity index (χ1n) is 10.8. The van der Waals surface area contributed by atoms with Gasteiger partial charge in [0.1, 0.15) is 11.5 Å². The van der Waals surface area contributed by atoms with Crippen molar-refractivity contribution in [1.82, 2.24) is 35.1 Å². The quantitative estimate of drug-likeness (QED) is 0.597. The van der Waals surface area contributed by atoms with Gasteiger partial charge in [-0.3, -0.25) is 4.90 Å². The summed E-state index contributed by atoms with van der Waals surface area (Å²) in [4.78, 5) is 10.7. The van der Waals surface area contributed by atoms with Gasteiger partial charge in [0.25, 0.3) is 0 Å². The van der Waals surface area contributed by atoms with E-state index >= 15 is 0 Å². The van der Waals surface area contributed by atoms with E-state index in [-0.39, 0.29) is 34.6 Å². The molecule has 9 nitrogen and oxygen atoms in total. The first-order chi connectivity index (χ1) is 15.5. The normalized spacial score (nSPS) is 18.3. The van der Waals surface area contributed by atoms with Crippen molar-refractivity contribution in [3.63, 3.8) is 0 Å². The topological polar surface area (TPSA) is 96.7 Å². The maximum absolute atomic E-state index is 14.6. The van der Waals surface area contributed by atoms with Gasteiger partial charge in [-0.15, -0.1) is 5.10 Å². The Labute approximate surface area is 191 Å². The molecule has 176 valence electrons. The van der Waals surface area contributed by atoms with Crippen molar-refractivity contribution in [2.24, 2.45) is 0 Å². The van der Waals surface area contributed by atoms with Gasteiger partial charge < -0.3 is 10.6 Å². The summed E-state index contributed by atoms with van der Waals surface area (Å²) in [6, 6.07) is 4.43. The zero-order valence-electron chi connectivity index (χ0n) is 19.7. The van der Waals surface area contributed by atoms with Gasteiger partial charge in [0.15, 0.2) is 17.5 Å². The molecule has 0 atom stereocenters. The molecule has 2 N–H and O–H groups in total. The van der Waals surface area contributed by atoms with Crippen molar-refractivity contribution in [2.45, 2.75) is 64.6 Å². The second-order valence-corrected chi connectivity index (χ2v) is 9.75. The summed E-state index contributed by atoms with van der Waals surface area (Å²) in [6.45, 7) is 10.4. The average molecular weight is 458 g/mol. The Balaban J connectivity index is 1.56. The smallest absolute Gasteiger partial charge is 0.229 e. The molecule has 1 aromatic carbocycles. The van der Waals surface area contributed by atoms with Gasteiger partial charge in [0, 0.05) is 22.8 Å². The summed E-state index contributed by atoms with van der Waals surface area (Å²) in [5.74, 6) is -0.242. The summed E-state index contributed by atoms with van der Waals surface area (Å²) in [7, 11) is 2.12. The molecule has 0 spiro atoms. The van der Waals surface area contributed by atoms with Crippen LogP contribution in [0.1, 0.15) is 46.4 Å². The number of nitrogens with zero attached hydrogens (tertiary/aromatic N) is 7. The first kappa shape index (κ1) is 23.0. The molecule has 0 unspecified atom stereocenters. The van der Waals surface area contributed by atoms with Crippen LogP contribution in [0.25, 0.3) is 5.69 Å². The molecule has 2 aromatic heterocycles. The minimum absolute atomic E-state index is 0.0451. The van der Waals surface area contributed by atoms with Crippen LogP contribution in [0.5, 0.6) is 0 Å². The van der Waals surface area contributed by atoms with Crippen LogP contribution in [-0.4, -0.2) is 59.2 Å². The third-order valence-corrected chi connectivity index (χ3v) is 6.45. The highest BCUT2D eigenvalue weighted by Gasteiger charge is 2.43. The van der Waals surface area contributed by atoms with Crippen LogP contribution < -0.4 is 10.6 Å². The SMILES string of the molecule is Cc1nnnn1-c1cc(Nc2ncc(F)c(NC3CC(C)(C)N(C)C(C)(C)C3)n2)ccc1F. The number of aryl methyl sites for hydroxylation is 1. The molecule has 1 fully saturated rings. The standard InChI is InChI=1S/C22H29F2N9/c1-13-29-30-31-33(13)18-9-14(7-8-16(18)23)27-20-25-12-17(24)19(28-20)26-15-10-21(2,3)32(6)22(4,5)11-15/h7-9,12,15H,10-11H2,1-6H3,(H2,25,26,27,28). The molecule has 4 rings (SSSR count). The lowest BCUT2D eigenvalue weighted by atomic mass is 9.77. The molecule has 1 saturated heterocycles. The number of anilines is 3. The third kappa shape index (κ3) is 4.63. The van der Waals surface area contributed by atoms with Crippen LogP contribution in [-0.2, 0) is 0 Å². The van der Waals surface area contributed by atoms with Crippen LogP contribution in [0.15, 0.2) is 24.4 Å². The van der Waals surface area contributed by atoms with Crippen molar-refractivity contribution < 1.29 is 8.78 Å². The summed E-state index contributed by atoms with van der Waals surface area (Å²) < 4.78 is 30.2. The maximum atomic E-state index is 14.6. The van der Waals surface area contributed by atoms with Gasteiger partial charge in [-0.25, -0.2) is 13.8 Å². The fraction of sp³-hybridized carbons (Fsp3) is 0.500. The Kier molecular flexibility index (Phi) is 5.77. The number of hydrogen-bond donors (Lipinski definition) is 2. The van der Waals surface area contributed by atoms with E-state index < -0.39 is 11.6 Å². The van der Waals surface area contributed by atoms with E-state index in [1.54, 1.807) is 19.1 Å². The summed E-state index contributed by atoms with van der Waals surface area (Å²) in [5.41, 5.74) is 0.588. The fourth-order valence-electron chi connectivity index (χ4n) is 4.53. The zero-order chi connectivity index (χ0) is 24.0. The highest BCUT2D eigenvalue weighted by molar-refractivity contribution is 5.59. The number of rotatable bonds is 5. The Bertz CT molecular complexity index is 1140. The molecule has 1 aliphatic rings. The largest absolute Gasteiger partial charge is 0.365 e. The van der Waals surface area contributed by atoms with Gasteiger partial charge in [0.2, 0.25) is 5.95 Å². The highest BCUT2D eigenvalue weighted by Crippen LogP contribution is 2.38. The van der Waals surface area contributed by atoms with Gasteiger partial charge in [-0.05, 0) is 83.1 Å². The summed E-state index contributed by atoms with van der Waals surface area (Å²) in [6.07, 6.45) is 2.80. The number of aromatic nitrogens is 6. The molecule has 0 bridgehead atoms. The average Bonchev–Trinajstić information content (AvgIpc) is 3.15. The Morgan fingerprint density at radius 2 is 1.76 bits per heavy atom. The zero-order valence-corrected chi connectivity index (χ0v) is 19.7. The van der Waals surface area contributed by atoms with Gasteiger partial charge in [-0.1, -0.05) is 0 Å². The van der Waals surface area contributed by atoms with E-state index in [9.17, 15) is 8.78 Å². The first-order valence-corrected chi connectivity index (χ1v) is 10.8. The molecule has 0 radical (unpaired) electrons. The number of nitrogens with one attached hydrogen (secondary N) is 2. The van der Waals surface area contributed by atoms with Crippen LogP contribution in [0.3, 0.4) is 0 Å². The lowest BCUT2D eigenvalue weighted by molar-refractivity contribution is -0.00778. The van der Waals surface area contributed by atoms with E-state index in [0.29, 0.717) is 11.5 Å². The predicted octanol–water partition coefficient (Wildman–Crippen LogP) is 3.85. The molecule has 11 heteroatoms. The number of tetrazole rings is 1. The molecule has 0 saturated carbocycles. The number of likely N-dealkylation sites (tertiary alicyclic amines) is 1. The minimum atomic E-state index is -0.529. The second-order valence-electron chi connectivity index (χ2n) is 9.75. The summed E-state index contributed by atoms with van der Waals surface area (Å²) >= 11 is 0. The number of halogens is 2. The van der Waals surface area contributed by atoms with Crippen molar-refractivity contribution in [3.05, 3.63) is 41.9 Å². The Hall–Kier alpha value is -3.21. The molecular formula is C22H29F2N9. The van der Waals surface area contributed by atoms with Gasteiger partial charge >= 0.3 is 0 Å². The van der Waals surface area contributed by atoms with Crippen LogP contribution in [0.2, 0.25) is 0 Å². The Morgan fingerprint density at radius 3 is 2.39 bits per heavy atom. The van der Waals surface area contributed by atoms with E-state index in [4.69, 9.17) is 0 Å². The summed E-state index contributed by atoms with van der Waals surface area (Å²) in [5, 5.41) is 17.4. The number of benzene rings is 1.